The number of ether oxygens (including phenoxy) is 1. The van der Waals surface area contributed by atoms with Gasteiger partial charge in [0.2, 0.25) is 0 Å². The molecule has 1 aromatic carbocycles. The average Bonchev–Trinajstić information content (AvgIpc) is 3.30. The van der Waals surface area contributed by atoms with Crippen LogP contribution in [0.2, 0.25) is 0 Å². The zero-order chi connectivity index (χ0) is 15.4. The van der Waals surface area contributed by atoms with E-state index in [-0.39, 0.29) is 17.8 Å². The van der Waals surface area contributed by atoms with Crippen molar-refractivity contribution in [2.24, 2.45) is 0 Å². The van der Waals surface area contributed by atoms with Gasteiger partial charge >= 0.3 is 6.09 Å². The number of quaternary nitrogens is 1. The minimum atomic E-state index is -0.747. The first kappa shape index (κ1) is 15.4. The molecule has 2 N–H and O–H groups in total. The molecular formula is C15H20FN2O3+. The third-order valence-electron chi connectivity index (χ3n) is 3.78. The normalized spacial score (nSPS) is 16.9. The van der Waals surface area contributed by atoms with E-state index in [1.54, 1.807) is 19.1 Å². The molecule has 1 fully saturated rings. The molecule has 1 aliphatic carbocycles. The molecule has 0 spiro atoms. The second kappa shape index (κ2) is 6.67. The van der Waals surface area contributed by atoms with Crippen LogP contribution in [-0.2, 0) is 16.1 Å². The van der Waals surface area contributed by atoms with Gasteiger partial charge in [-0.2, -0.15) is 0 Å². The lowest BCUT2D eigenvalue weighted by molar-refractivity contribution is -0.938. The second-order valence-electron chi connectivity index (χ2n) is 5.35. The Hall–Kier alpha value is -1.95. The number of alkyl carbamates (subject to hydrolysis) is 1. The number of rotatable bonds is 5. The van der Waals surface area contributed by atoms with Crippen LogP contribution in [0.5, 0.6) is 0 Å². The molecule has 0 aliphatic heterocycles. The Bertz CT molecular complexity index is 514. The van der Waals surface area contributed by atoms with Gasteiger partial charge < -0.3 is 9.64 Å². The second-order valence-corrected chi connectivity index (χ2v) is 5.35. The van der Waals surface area contributed by atoms with Gasteiger partial charge in [0, 0.05) is 18.4 Å². The fourth-order valence-corrected chi connectivity index (χ4v) is 2.37. The molecule has 2 amide bonds. The molecule has 2 atom stereocenters. The third kappa shape index (κ3) is 4.26. The first-order chi connectivity index (χ1) is 10.0. The molecule has 0 saturated heterocycles. The topological polar surface area (TPSA) is 59.8 Å². The van der Waals surface area contributed by atoms with E-state index in [0.29, 0.717) is 12.6 Å². The highest BCUT2D eigenvalue weighted by Gasteiger charge is 2.39. The molecule has 6 heteroatoms. The van der Waals surface area contributed by atoms with Gasteiger partial charge in [0.25, 0.3) is 5.91 Å². The third-order valence-corrected chi connectivity index (χ3v) is 3.78. The molecule has 0 aromatic heterocycles. The first-order valence-electron chi connectivity index (χ1n) is 7.00. The number of carbonyl (C=O) groups is 2. The van der Waals surface area contributed by atoms with Crippen LogP contribution in [0.3, 0.4) is 0 Å². The van der Waals surface area contributed by atoms with E-state index in [1.165, 1.54) is 19.2 Å². The van der Waals surface area contributed by atoms with E-state index in [4.69, 9.17) is 0 Å². The minimum Gasteiger partial charge on any atom is -0.453 e. The van der Waals surface area contributed by atoms with Crippen molar-refractivity contribution in [3.05, 3.63) is 35.6 Å². The van der Waals surface area contributed by atoms with Crippen LogP contribution in [-0.4, -0.2) is 31.2 Å². The molecule has 21 heavy (non-hydrogen) atoms. The number of benzene rings is 1. The summed E-state index contributed by atoms with van der Waals surface area (Å²) in [4.78, 5) is 24.2. The summed E-state index contributed by atoms with van der Waals surface area (Å²) in [5.41, 5.74) is 0.969. The molecule has 0 radical (unpaired) electrons. The fourth-order valence-electron chi connectivity index (χ4n) is 2.37. The van der Waals surface area contributed by atoms with Crippen LogP contribution in [0.25, 0.3) is 0 Å². The summed E-state index contributed by atoms with van der Waals surface area (Å²) in [6, 6.07) is 6.32. The zero-order valence-corrected chi connectivity index (χ0v) is 12.2. The van der Waals surface area contributed by atoms with Crippen molar-refractivity contribution in [3.63, 3.8) is 0 Å². The summed E-state index contributed by atoms with van der Waals surface area (Å²) >= 11 is 0. The van der Waals surface area contributed by atoms with Gasteiger partial charge in [0.05, 0.1) is 13.2 Å². The molecule has 2 rings (SSSR count). The van der Waals surface area contributed by atoms with Crippen molar-refractivity contribution < 1.29 is 23.6 Å². The standard InChI is InChI=1S/C15H19FN2O3/c1-10(14(19)17-15(20)21-2)18(13-7-8-13)9-11-3-5-12(16)6-4-11/h3-6,10,13H,7-9H2,1-2H3,(H,17,19,20)/p+1/t10-/m0/s1. The van der Waals surface area contributed by atoms with Crippen LogP contribution < -0.4 is 10.2 Å². The largest absolute Gasteiger partial charge is 0.453 e. The maximum absolute atomic E-state index is 12.9. The molecule has 5 nitrogen and oxygen atoms in total. The van der Waals surface area contributed by atoms with E-state index in [2.05, 4.69) is 10.1 Å². The highest BCUT2D eigenvalue weighted by molar-refractivity contribution is 5.93. The van der Waals surface area contributed by atoms with Crippen LogP contribution in [0.1, 0.15) is 25.3 Å². The molecule has 0 bridgehead atoms. The lowest BCUT2D eigenvalue weighted by atomic mass is 10.1. The number of halogens is 1. The number of hydrogen-bond acceptors (Lipinski definition) is 3. The van der Waals surface area contributed by atoms with E-state index in [1.807, 2.05) is 0 Å². The lowest BCUT2D eigenvalue weighted by Gasteiger charge is -2.25. The summed E-state index contributed by atoms with van der Waals surface area (Å²) < 4.78 is 17.4. The fraction of sp³-hybridized carbons (Fsp3) is 0.467. The van der Waals surface area contributed by atoms with Gasteiger partial charge in [0.1, 0.15) is 12.4 Å². The van der Waals surface area contributed by atoms with Crippen molar-refractivity contribution in [1.29, 1.82) is 0 Å². The van der Waals surface area contributed by atoms with Crippen molar-refractivity contribution in [1.82, 2.24) is 5.32 Å². The predicted molar refractivity (Wildman–Crippen MR) is 74.1 cm³/mol. The molecule has 1 unspecified atom stereocenters. The Labute approximate surface area is 123 Å². The van der Waals surface area contributed by atoms with Gasteiger partial charge in [-0.15, -0.1) is 0 Å². The summed E-state index contributed by atoms with van der Waals surface area (Å²) in [6.45, 7) is 2.41. The van der Waals surface area contributed by atoms with Gasteiger partial charge in [-0.25, -0.2) is 9.18 Å². The Morgan fingerprint density at radius 3 is 2.52 bits per heavy atom. The van der Waals surface area contributed by atoms with Crippen molar-refractivity contribution in [3.8, 4) is 0 Å². The molecular weight excluding hydrogens is 275 g/mol. The van der Waals surface area contributed by atoms with E-state index >= 15 is 0 Å². The highest BCUT2D eigenvalue weighted by atomic mass is 19.1. The van der Waals surface area contributed by atoms with Gasteiger partial charge in [0.15, 0.2) is 6.04 Å². The van der Waals surface area contributed by atoms with Crippen molar-refractivity contribution >= 4 is 12.0 Å². The van der Waals surface area contributed by atoms with E-state index < -0.39 is 6.09 Å². The average molecular weight is 295 g/mol. The number of carbonyl (C=O) groups excluding carboxylic acids is 2. The van der Waals surface area contributed by atoms with Crippen LogP contribution in [0.15, 0.2) is 24.3 Å². The van der Waals surface area contributed by atoms with Crippen molar-refractivity contribution in [2.45, 2.75) is 38.4 Å². The number of hydrogen-bond donors (Lipinski definition) is 2. The summed E-state index contributed by atoms with van der Waals surface area (Å²) in [5.74, 6) is -0.630. The maximum Gasteiger partial charge on any atom is 0.413 e. The monoisotopic (exact) mass is 295 g/mol. The molecule has 0 heterocycles. The number of imide groups is 1. The maximum atomic E-state index is 12.9. The Morgan fingerprint density at radius 2 is 2.00 bits per heavy atom. The number of methoxy groups -OCH3 is 1. The molecule has 114 valence electrons. The van der Waals surface area contributed by atoms with Crippen LogP contribution in [0.4, 0.5) is 9.18 Å². The highest BCUT2D eigenvalue weighted by Crippen LogP contribution is 2.16. The lowest BCUT2D eigenvalue weighted by Crippen LogP contribution is -3.16. The molecule has 1 aliphatic rings. The molecule has 1 saturated carbocycles. The van der Waals surface area contributed by atoms with Gasteiger partial charge in [-0.05, 0) is 19.1 Å². The zero-order valence-electron chi connectivity index (χ0n) is 12.2. The van der Waals surface area contributed by atoms with Crippen LogP contribution >= 0.6 is 0 Å². The Kier molecular flexibility index (Phi) is 4.90. The van der Waals surface area contributed by atoms with Crippen molar-refractivity contribution in [2.75, 3.05) is 7.11 Å². The minimum absolute atomic E-state index is 0.275. The van der Waals surface area contributed by atoms with Gasteiger partial charge in [-0.3, -0.25) is 10.1 Å². The summed E-state index contributed by atoms with van der Waals surface area (Å²) in [7, 11) is 1.22. The SMILES string of the molecule is COC(=O)NC(=O)[C@H](C)[NH+](Cc1ccc(F)cc1)C1CC1. The summed E-state index contributed by atoms with van der Waals surface area (Å²) in [6.07, 6.45) is 1.38. The number of nitrogens with one attached hydrogen (secondary N) is 2. The smallest absolute Gasteiger partial charge is 0.413 e. The quantitative estimate of drug-likeness (QED) is 0.838. The Balaban J connectivity index is 2.02. The van der Waals surface area contributed by atoms with Crippen LogP contribution in [0, 0.1) is 5.82 Å². The summed E-state index contributed by atoms with van der Waals surface area (Å²) in [5, 5.41) is 2.21. The number of amides is 2. The molecule has 1 aromatic rings. The first-order valence-corrected chi connectivity index (χ1v) is 7.00. The van der Waals surface area contributed by atoms with E-state index in [0.717, 1.165) is 23.3 Å². The Morgan fingerprint density at radius 1 is 1.38 bits per heavy atom. The predicted octanol–water partition coefficient (Wildman–Crippen LogP) is 0.644. The van der Waals surface area contributed by atoms with Gasteiger partial charge in [-0.1, -0.05) is 12.1 Å². The van der Waals surface area contributed by atoms with E-state index in [9.17, 15) is 14.0 Å².